The van der Waals surface area contributed by atoms with Gasteiger partial charge in [-0.25, -0.2) is 0 Å². The van der Waals surface area contributed by atoms with Gasteiger partial charge in [-0.15, -0.1) is 0 Å². The molecule has 0 unspecified atom stereocenters. The molecule has 4 aliphatic rings. The molecule has 3 aliphatic heterocycles. The molecule has 5 heterocycles. The van der Waals surface area contributed by atoms with E-state index in [-0.39, 0.29) is 6.71 Å². The summed E-state index contributed by atoms with van der Waals surface area (Å²) in [6.45, 7) is 7.39. The van der Waals surface area contributed by atoms with Crippen LogP contribution in [-0.2, 0) is 0 Å². The predicted octanol–water partition coefficient (Wildman–Crippen LogP) is 13.3. The Bertz CT molecular complexity index is 3670. The second kappa shape index (κ2) is 13.2. The minimum atomic E-state index is -1.84. The second-order valence-corrected chi connectivity index (χ2v) is 23.2. The zero-order valence-corrected chi connectivity index (χ0v) is 37.2. The van der Waals surface area contributed by atoms with Crippen LogP contribution in [-0.4, -0.2) is 14.8 Å². The Morgan fingerprint density at radius 2 is 0.984 bits per heavy atom. The first-order valence-corrected chi connectivity index (χ1v) is 25.8. The Kier molecular flexibility index (Phi) is 7.46. The summed E-state index contributed by atoms with van der Waals surface area (Å²) in [7, 11) is -1.84. The number of nitrogens with zero attached hydrogens (tertiary/aromatic N) is 3. The highest BCUT2D eigenvalue weighted by Gasteiger charge is 2.45. The molecule has 64 heavy (non-hydrogen) atoms. The molecule has 0 amide bonds. The quantitative estimate of drug-likeness (QED) is 0.166. The summed E-state index contributed by atoms with van der Waals surface area (Å²) in [6, 6.07) is 60.7. The van der Waals surface area contributed by atoms with E-state index in [4.69, 9.17) is 8.83 Å². The average Bonchev–Trinajstić information content (AvgIpc) is 3.89. The number of fused-ring (bicyclic) bond motifs is 11. The maximum absolute atomic E-state index is 6.62. The van der Waals surface area contributed by atoms with Crippen molar-refractivity contribution in [2.75, 3.05) is 14.7 Å². The van der Waals surface area contributed by atoms with Gasteiger partial charge in [0.05, 0.1) is 0 Å². The number of anilines is 8. The highest BCUT2D eigenvalue weighted by atomic mass is 28.3. The normalized spacial score (nSPS) is 16.0. The van der Waals surface area contributed by atoms with Crippen LogP contribution in [0.2, 0.25) is 13.1 Å². The van der Waals surface area contributed by atoms with Gasteiger partial charge in [0, 0.05) is 84.9 Å². The lowest BCUT2D eigenvalue weighted by atomic mass is 9.33. The number of aryl methyl sites for hydroxylation is 1. The molecule has 0 fully saturated rings. The molecule has 14 rings (SSSR count). The van der Waals surface area contributed by atoms with E-state index in [2.05, 4.69) is 192 Å². The first-order valence-electron chi connectivity index (χ1n) is 22.8. The molecule has 0 spiro atoms. The largest absolute Gasteiger partial charge is 0.456 e. The monoisotopic (exact) mass is 841 g/mol. The Morgan fingerprint density at radius 3 is 1.69 bits per heavy atom. The van der Waals surface area contributed by atoms with Gasteiger partial charge in [0.25, 0.3) is 6.71 Å². The van der Waals surface area contributed by atoms with Gasteiger partial charge in [0.1, 0.15) is 30.4 Å². The molecule has 306 valence electrons. The Hall–Kier alpha value is -7.22. The third kappa shape index (κ3) is 4.96. The standard InChI is InChI=1S/C57H44BN3O2Si/c1-35-30-49-57-50(31-35)61(38-25-28-42-40-15-5-11-21-52(40)63-54(42)34-38)48-32-36(60-46-18-8-12-22-55(46)64(2,3)56-23-13-9-19-47(56)60)26-29-44(48)58(57)43-16-6-7-17-45(43)59(49)37-24-27-41-39-14-4-10-20-51(39)62-53(41)33-37/h4-8,10-12,14-18,20-22,24-34H,9,13,19,23H2,1-3H3. The molecular weight excluding hydrogens is 798 g/mol. The fourth-order valence-corrected chi connectivity index (χ4v) is 15.5. The summed E-state index contributed by atoms with van der Waals surface area (Å²) in [6.07, 6.45) is 4.81. The summed E-state index contributed by atoms with van der Waals surface area (Å²) >= 11 is 0. The number of benzene rings is 8. The SMILES string of the molecule is Cc1cc2c3c(c1)N(c1ccc4c(c1)oc1ccccc14)c1cc(N4C5=C(CCCC5)[Si](C)(C)c5ccccc54)ccc1B3c1ccccc1N2c1ccc2c(c1)oc1ccccc12. The van der Waals surface area contributed by atoms with Crippen molar-refractivity contribution >= 4 is 126 Å². The van der Waals surface area contributed by atoms with E-state index in [0.717, 1.165) is 61.7 Å². The number of allylic oxidation sites excluding steroid dienone is 2. The molecule has 5 nitrogen and oxygen atoms in total. The maximum atomic E-state index is 6.62. The minimum absolute atomic E-state index is 0.00709. The van der Waals surface area contributed by atoms with Gasteiger partial charge in [-0.2, -0.15) is 0 Å². The number of para-hydroxylation sites is 4. The fraction of sp³-hybridized carbons (Fsp3) is 0.123. The lowest BCUT2D eigenvalue weighted by Gasteiger charge is -2.46. The second-order valence-electron chi connectivity index (χ2n) is 18.8. The van der Waals surface area contributed by atoms with Crippen molar-refractivity contribution in [2.45, 2.75) is 45.7 Å². The summed E-state index contributed by atoms with van der Waals surface area (Å²) in [5.74, 6) is 0. The van der Waals surface area contributed by atoms with Crippen LogP contribution in [0.4, 0.5) is 45.5 Å². The van der Waals surface area contributed by atoms with Gasteiger partial charge in [0.15, 0.2) is 0 Å². The highest BCUT2D eigenvalue weighted by Crippen LogP contribution is 2.49. The van der Waals surface area contributed by atoms with Crippen LogP contribution >= 0.6 is 0 Å². The first kappa shape index (κ1) is 36.3. The van der Waals surface area contributed by atoms with Crippen LogP contribution in [0.25, 0.3) is 43.9 Å². The van der Waals surface area contributed by atoms with Gasteiger partial charge in [-0.1, -0.05) is 97.2 Å². The van der Waals surface area contributed by atoms with E-state index in [1.165, 1.54) is 86.2 Å². The van der Waals surface area contributed by atoms with Gasteiger partial charge in [0.2, 0.25) is 0 Å². The van der Waals surface area contributed by atoms with Gasteiger partial charge in [-0.05, 0) is 133 Å². The third-order valence-electron chi connectivity index (χ3n) is 14.9. The smallest absolute Gasteiger partial charge is 0.252 e. The summed E-state index contributed by atoms with van der Waals surface area (Å²) < 4.78 is 13.1. The molecule has 0 atom stereocenters. The molecule has 0 radical (unpaired) electrons. The van der Waals surface area contributed by atoms with E-state index in [9.17, 15) is 0 Å². The molecule has 1 aliphatic carbocycles. The molecular formula is C57H44BN3O2Si. The Morgan fingerprint density at radius 1 is 0.453 bits per heavy atom. The van der Waals surface area contributed by atoms with Crippen molar-refractivity contribution in [1.82, 2.24) is 0 Å². The van der Waals surface area contributed by atoms with E-state index < -0.39 is 8.07 Å². The topological polar surface area (TPSA) is 36.0 Å². The van der Waals surface area contributed by atoms with Gasteiger partial charge >= 0.3 is 0 Å². The molecule has 2 aromatic heterocycles. The van der Waals surface area contributed by atoms with Crippen molar-refractivity contribution in [3.05, 3.63) is 180 Å². The Labute approximate surface area is 373 Å². The van der Waals surface area contributed by atoms with Crippen molar-refractivity contribution in [2.24, 2.45) is 0 Å². The molecule has 8 aromatic carbocycles. The summed E-state index contributed by atoms with van der Waals surface area (Å²) in [5, 5.41) is 7.79. The summed E-state index contributed by atoms with van der Waals surface area (Å²) in [4.78, 5) is 7.65. The fourth-order valence-electron chi connectivity index (χ4n) is 12.1. The summed E-state index contributed by atoms with van der Waals surface area (Å²) in [5.41, 5.74) is 19.7. The maximum Gasteiger partial charge on any atom is 0.252 e. The number of rotatable bonds is 3. The molecule has 10 aromatic rings. The third-order valence-corrected chi connectivity index (χ3v) is 18.7. The first-order chi connectivity index (χ1) is 31.4. The van der Waals surface area contributed by atoms with E-state index in [0.29, 0.717) is 0 Å². The lowest BCUT2D eigenvalue weighted by Crippen LogP contribution is -2.61. The average molecular weight is 842 g/mol. The predicted molar refractivity (Wildman–Crippen MR) is 271 cm³/mol. The minimum Gasteiger partial charge on any atom is -0.456 e. The van der Waals surface area contributed by atoms with Crippen molar-refractivity contribution in [1.29, 1.82) is 0 Å². The molecule has 7 heteroatoms. The Balaban J connectivity index is 1.03. The van der Waals surface area contributed by atoms with Crippen molar-refractivity contribution < 1.29 is 8.83 Å². The molecule has 0 saturated heterocycles. The van der Waals surface area contributed by atoms with Crippen molar-refractivity contribution in [3.63, 3.8) is 0 Å². The van der Waals surface area contributed by atoms with Crippen LogP contribution in [0.5, 0.6) is 0 Å². The number of furan rings is 2. The van der Waals surface area contributed by atoms with E-state index in [1.54, 1.807) is 5.20 Å². The van der Waals surface area contributed by atoms with E-state index in [1.807, 2.05) is 6.07 Å². The van der Waals surface area contributed by atoms with Gasteiger partial charge < -0.3 is 23.5 Å². The zero-order chi connectivity index (χ0) is 42.4. The molecule has 0 N–H and O–H groups in total. The van der Waals surface area contributed by atoms with Crippen molar-refractivity contribution in [3.8, 4) is 0 Å². The number of hydrogen-bond donors (Lipinski definition) is 0. The van der Waals surface area contributed by atoms with Crippen LogP contribution < -0.4 is 36.3 Å². The molecule has 0 bridgehead atoms. The van der Waals surface area contributed by atoms with Gasteiger partial charge in [-0.3, -0.25) is 0 Å². The number of hydrogen-bond acceptors (Lipinski definition) is 5. The van der Waals surface area contributed by atoms with Crippen LogP contribution in [0, 0.1) is 6.92 Å². The molecule has 0 saturated carbocycles. The van der Waals surface area contributed by atoms with E-state index >= 15 is 0 Å². The van der Waals surface area contributed by atoms with Crippen LogP contribution in [0.3, 0.4) is 0 Å². The van der Waals surface area contributed by atoms with Crippen LogP contribution in [0.1, 0.15) is 31.2 Å². The highest BCUT2D eigenvalue weighted by molar-refractivity contribution is 7.00. The lowest BCUT2D eigenvalue weighted by molar-refractivity contribution is 0.668. The zero-order valence-electron chi connectivity index (χ0n) is 36.2. The van der Waals surface area contributed by atoms with Crippen LogP contribution in [0.15, 0.2) is 184 Å².